The van der Waals surface area contributed by atoms with Crippen molar-refractivity contribution in [3.63, 3.8) is 0 Å². The molecule has 1 atom stereocenters. The zero-order chi connectivity index (χ0) is 10.1. The monoisotopic (exact) mass is 248 g/mol. The maximum atomic E-state index is 3.63. The van der Waals surface area contributed by atoms with Crippen LogP contribution in [0.2, 0.25) is 0 Å². The molecule has 0 bridgehead atoms. The Morgan fingerprint density at radius 1 is 1.00 bits per heavy atom. The van der Waals surface area contributed by atoms with Crippen LogP contribution in [-0.4, -0.2) is 0 Å². The highest BCUT2D eigenvalue weighted by molar-refractivity contribution is 9.09. The largest absolute Gasteiger partial charge is 0.0842 e. The molecule has 0 amide bonds. The fourth-order valence-corrected chi connectivity index (χ4v) is 2.22. The SMILES string of the molecule is Cc1ccc([C@@H](C)Br)c2ccccc12. The van der Waals surface area contributed by atoms with Gasteiger partial charge in [0.25, 0.3) is 0 Å². The number of alkyl halides is 1. The molecule has 0 radical (unpaired) electrons. The van der Waals surface area contributed by atoms with Gasteiger partial charge in [-0.25, -0.2) is 0 Å². The Hall–Kier alpha value is -0.820. The first-order valence-corrected chi connectivity index (χ1v) is 5.74. The van der Waals surface area contributed by atoms with E-state index < -0.39 is 0 Å². The topological polar surface area (TPSA) is 0 Å². The molecule has 1 heteroatoms. The summed E-state index contributed by atoms with van der Waals surface area (Å²) in [5.41, 5.74) is 2.71. The minimum atomic E-state index is 0.410. The first-order valence-electron chi connectivity index (χ1n) is 4.82. The molecule has 0 unspecified atom stereocenters. The molecule has 0 aliphatic rings. The van der Waals surface area contributed by atoms with Crippen LogP contribution in [0, 0.1) is 6.92 Å². The third-order valence-electron chi connectivity index (χ3n) is 2.60. The quantitative estimate of drug-likeness (QED) is 0.647. The molecule has 2 aromatic rings. The van der Waals surface area contributed by atoms with Gasteiger partial charge in [-0.05, 0) is 35.7 Å². The van der Waals surface area contributed by atoms with E-state index in [2.05, 4.69) is 66.2 Å². The van der Waals surface area contributed by atoms with Crippen molar-refractivity contribution in [1.82, 2.24) is 0 Å². The number of hydrogen-bond donors (Lipinski definition) is 0. The average molecular weight is 249 g/mol. The number of aryl methyl sites for hydroxylation is 1. The van der Waals surface area contributed by atoms with Crippen molar-refractivity contribution >= 4 is 26.7 Å². The molecule has 0 aliphatic carbocycles. The predicted octanol–water partition coefficient (Wildman–Crippen LogP) is 4.60. The van der Waals surface area contributed by atoms with Gasteiger partial charge < -0.3 is 0 Å². The van der Waals surface area contributed by atoms with Crippen LogP contribution in [0.5, 0.6) is 0 Å². The van der Waals surface area contributed by atoms with Crippen LogP contribution < -0.4 is 0 Å². The van der Waals surface area contributed by atoms with Gasteiger partial charge in [-0.2, -0.15) is 0 Å². The van der Waals surface area contributed by atoms with Gasteiger partial charge in [-0.3, -0.25) is 0 Å². The summed E-state index contributed by atoms with van der Waals surface area (Å²) in [6.45, 7) is 4.32. The summed E-state index contributed by atoms with van der Waals surface area (Å²) < 4.78 is 0. The van der Waals surface area contributed by atoms with Crippen LogP contribution in [-0.2, 0) is 0 Å². The molecule has 0 aromatic heterocycles. The third kappa shape index (κ3) is 1.57. The van der Waals surface area contributed by atoms with Gasteiger partial charge >= 0.3 is 0 Å². The van der Waals surface area contributed by atoms with E-state index >= 15 is 0 Å². The highest BCUT2D eigenvalue weighted by Gasteiger charge is 2.06. The van der Waals surface area contributed by atoms with Crippen LogP contribution in [0.25, 0.3) is 10.8 Å². The second-order valence-electron chi connectivity index (χ2n) is 3.63. The number of fused-ring (bicyclic) bond motifs is 1. The Morgan fingerprint density at radius 3 is 2.29 bits per heavy atom. The molecule has 14 heavy (non-hydrogen) atoms. The maximum Gasteiger partial charge on any atom is 0.0373 e. The van der Waals surface area contributed by atoms with Gasteiger partial charge in [-0.15, -0.1) is 0 Å². The Labute approximate surface area is 93.1 Å². The van der Waals surface area contributed by atoms with Crippen molar-refractivity contribution in [3.05, 3.63) is 47.5 Å². The highest BCUT2D eigenvalue weighted by Crippen LogP contribution is 2.30. The lowest BCUT2D eigenvalue weighted by atomic mass is 9.99. The van der Waals surface area contributed by atoms with Crippen molar-refractivity contribution in [2.24, 2.45) is 0 Å². The van der Waals surface area contributed by atoms with E-state index in [1.165, 1.54) is 21.9 Å². The van der Waals surface area contributed by atoms with E-state index in [4.69, 9.17) is 0 Å². The van der Waals surface area contributed by atoms with Crippen LogP contribution >= 0.6 is 15.9 Å². The lowest BCUT2D eigenvalue weighted by Gasteiger charge is -2.10. The number of halogens is 1. The molecule has 0 saturated heterocycles. The van der Waals surface area contributed by atoms with Gasteiger partial charge in [0, 0.05) is 4.83 Å². The molecule has 0 aliphatic heterocycles. The summed E-state index contributed by atoms with van der Waals surface area (Å²) in [7, 11) is 0. The zero-order valence-corrected chi connectivity index (χ0v) is 10.0. The average Bonchev–Trinajstić information content (AvgIpc) is 2.18. The van der Waals surface area contributed by atoms with Gasteiger partial charge in [0.2, 0.25) is 0 Å². The summed E-state index contributed by atoms with van der Waals surface area (Å²) in [5.74, 6) is 0. The molecule has 0 saturated carbocycles. The molecular weight excluding hydrogens is 236 g/mol. The van der Waals surface area contributed by atoms with E-state index in [1.807, 2.05) is 0 Å². The molecule has 72 valence electrons. The fourth-order valence-electron chi connectivity index (χ4n) is 1.82. The fraction of sp³-hybridized carbons (Fsp3) is 0.231. The predicted molar refractivity (Wildman–Crippen MR) is 66.0 cm³/mol. The standard InChI is InChI=1S/C13H13Br/c1-9-7-8-12(10(2)14)13-6-4-3-5-11(9)13/h3-8,10H,1-2H3/t10-/m1/s1. The summed E-state index contributed by atoms with van der Waals surface area (Å²) in [6.07, 6.45) is 0. The second kappa shape index (κ2) is 3.74. The Balaban J connectivity index is 2.82. The van der Waals surface area contributed by atoms with Gasteiger partial charge in [0.1, 0.15) is 0 Å². The highest BCUT2D eigenvalue weighted by atomic mass is 79.9. The lowest BCUT2D eigenvalue weighted by molar-refractivity contribution is 1.14. The van der Waals surface area contributed by atoms with E-state index in [9.17, 15) is 0 Å². The molecule has 0 fully saturated rings. The Morgan fingerprint density at radius 2 is 1.64 bits per heavy atom. The summed E-state index contributed by atoms with van der Waals surface area (Å²) >= 11 is 3.63. The maximum absolute atomic E-state index is 3.63. The van der Waals surface area contributed by atoms with Crippen LogP contribution in [0.1, 0.15) is 22.9 Å². The zero-order valence-electron chi connectivity index (χ0n) is 8.42. The van der Waals surface area contributed by atoms with Crippen molar-refractivity contribution in [2.45, 2.75) is 18.7 Å². The number of hydrogen-bond acceptors (Lipinski definition) is 0. The number of benzene rings is 2. The first kappa shape index (κ1) is 9.72. The summed E-state index contributed by atoms with van der Waals surface area (Å²) in [5, 5.41) is 2.72. The number of rotatable bonds is 1. The molecular formula is C13H13Br. The Bertz CT molecular complexity index is 458. The molecule has 0 N–H and O–H groups in total. The van der Waals surface area contributed by atoms with E-state index in [0.29, 0.717) is 4.83 Å². The van der Waals surface area contributed by atoms with E-state index in [-0.39, 0.29) is 0 Å². The third-order valence-corrected chi connectivity index (χ3v) is 3.10. The molecule has 0 spiro atoms. The van der Waals surface area contributed by atoms with Crippen molar-refractivity contribution < 1.29 is 0 Å². The van der Waals surface area contributed by atoms with Crippen LogP contribution in [0.3, 0.4) is 0 Å². The van der Waals surface area contributed by atoms with E-state index in [0.717, 1.165) is 0 Å². The molecule has 2 aromatic carbocycles. The summed E-state index contributed by atoms with van der Waals surface area (Å²) in [6, 6.07) is 13.0. The van der Waals surface area contributed by atoms with Crippen molar-refractivity contribution in [3.8, 4) is 0 Å². The minimum Gasteiger partial charge on any atom is -0.0842 e. The van der Waals surface area contributed by atoms with Gasteiger partial charge in [0.15, 0.2) is 0 Å². The molecule has 0 heterocycles. The normalized spacial score (nSPS) is 13.1. The van der Waals surface area contributed by atoms with Crippen molar-refractivity contribution in [1.29, 1.82) is 0 Å². The minimum absolute atomic E-state index is 0.410. The lowest BCUT2D eigenvalue weighted by Crippen LogP contribution is -1.88. The first-order chi connectivity index (χ1) is 6.70. The Kier molecular flexibility index (Phi) is 2.60. The molecule has 0 nitrogen and oxygen atoms in total. The second-order valence-corrected chi connectivity index (χ2v) is 5.01. The van der Waals surface area contributed by atoms with Gasteiger partial charge in [0.05, 0.1) is 0 Å². The summed E-state index contributed by atoms with van der Waals surface area (Å²) in [4.78, 5) is 0.410. The smallest absolute Gasteiger partial charge is 0.0373 e. The van der Waals surface area contributed by atoms with Gasteiger partial charge in [-0.1, -0.05) is 52.3 Å². The molecule has 2 rings (SSSR count). The van der Waals surface area contributed by atoms with E-state index in [1.54, 1.807) is 0 Å². The van der Waals surface area contributed by atoms with Crippen LogP contribution in [0.15, 0.2) is 36.4 Å². The van der Waals surface area contributed by atoms with Crippen molar-refractivity contribution in [2.75, 3.05) is 0 Å². The van der Waals surface area contributed by atoms with Crippen LogP contribution in [0.4, 0.5) is 0 Å².